The van der Waals surface area contributed by atoms with E-state index >= 15 is 0 Å². The summed E-state index contributed by atoms with van der Waals surface area (Å²) in [5.41, 5.74) is 2.90. The van der Waals surface area contributed by atoms with Crippen LogP contribution in [0.25, 0.3) is 11.2 Å². The zero-order valence-corrected chi connectivity index (χ0v) is 13.0. The van der Waals surface area contributed by atoms with Crippen LogP contribution in [0.1, 0.15) is 30.2 Å². The molecule has 1 atom stereocenters. The zero-order chi connectivity index (χ0) is 15.0. The maximum atomic E-state index is 5.93. The molecule has 0 bridgehead atoms. The Labute approximate surface area is 127 Å². The number of halogens is 1. The van der Waals surface area contributed by atoms with Crippen LogP contribution in [-0.4, -0.2) is 35.2 Å². The highest BCUT2D eigenvalue weighted by molar-refractivity contribution is 6.17. The minimum absolute atomic E-state index is 0.00461. The third-order valence-electron chi connectivity index (χ3n) is 3.68. The molecule has 0 radical (unpaired) electrons. The summed E-state index contributed by atoms with van der Waals surface area (Å²) in [6.07, 6.45) is 4.20. The average Bonchev–Trinajstić information content (AvgIpc) is 3.03. The molecule has 3 rings (SSSR count). The summed E-state index contributed by atoms with van der Waals surface area (Å²) in [6.45, 7) is 4.12. The van der Waals surface area contributed by atoms with E-state index in [0.29, 0.717) is 12.3 Å². The second-order valence-corrected chi connectivity index (χ2v) is 5.49. The van der Waals surface area contributed by atoms with E-state index in [4.69, 9.17) is 16.6 Å². The lowest BCUT2D eigenvalue weighted by molar-refractivity contribution is 0.562. The lowest BCUT2D eigenvalue weighted by atomic mass is 10.2. The van der Waals surface area contributed by atoms with E-state index in [9.17, 15) is 0 Å². The molecule has 110 valence electrons. The normalized spacial score (nSPS) is 13.0. The van der Waals surface area contributed by atoms with Crippen molar-refractivity contribution >= 4 is 22.8 Å². The third kappa shape index (κ3) is 2.29. The standard InChI is InChI=1S/C14H17ClN6/c1-9-5-7-16-14-12(9)18-11(4-6-15)21(14)10(2)13-19-17-8-20(13)3/h5,7-8,10H,4,6H2,1-3H3. The van der Waals surface area contributed by atoms with Crippen molar-refractivity contribution in [3.8, 4) is 0 Å². The predicted octanol–water partition coefficient (Wildman–Crippen LogP) is 2.26. The van der Waals surface area contributed by atoms with Crippen molar-refractivity contribution in [1.29, 1.82) is 0 Å². The maximum Gasteiger partial charge on any atom is 0.160 e. The average molecular weight is 305 g/mol. The number of rotatable bonds is 4. The highest BCUT2D eigenvalue weighted by Gasteiger charge is 2.21. The van der Waals surface area contributed by atoms with Crippen LogP contribution in [0, 0.1) is 6.92 Å². The van der Waals surface area contributed by atoms with Crippen LogP contribution >= 0.6 is 11.6 Å². The van der Waals surface area contributed by atoms with Crippen LogP contribution < -0.4 is 0 Å². The van der Waals surface area contributed by atoms with Crippen LogP contribution in [0.2, 0.25) is 0 Å². The van der Waals surface area contributed by atoms with Gasteiger partial charge in [-0.15, -0.1) is 21.8 Å². The van der Waals surface area contributed by atoms with Gasteiger partial charge in [0.1, 0.15) is 17.7 Å². The molecule has 0 aliphatic heterocycles. The number of aromatic nitrogens is 6. The Morgan fingerprint density at radius 3 is 2.86 bits per heavy atom. The van der Waals surface area contributed by atoms with Gasteiger partial charge in [-0.05, 0) is 25.5 Å². The number of hydrogen-bond donors (Lipinski definition) is 0. The number of fused-ring (bicyclic) bond motifs is 1. The molecule has 0 saturated heterocycles. The fourth-order valence-electron chi connectivity index (χ4n) is 2.61. The van der Waals surface area contributed by atoms with Gasteiger partial charge >= 0.3 is 0 Å². The van der Waals surface area contributed by atoms with Crippen molar-refractivity contribution in [2.45, 2.75) is 26.3 Å². The SMILES string of the molecule is Cc1ccnc2c1nc(CCCl)n2C(C)c1nncn1C. The third-order valence-corrected chi connectivity index (χ3v) is 3.87. The summed E-state index contributed by atoms with van der Waals surface area (Å²) in [5, 5.41) is 8.16. The molecule has 0 aromatic carbocycles. The molecular formula is C14H17ClN6. The Balaban J connectivity index is 2.22. The largest absolute Gasteiger partial charge is 0.319 e. The van der Waals surface area contributed by atoms with Crippen LogP contribution in [0.3, 0.4) is 0 Å². The highest BCUT2D eigenvalue weighted by atomic mass is 35.5. The van der Waals surface area contributed by atoms with E-state index in [1.807, 2.05) is 30.8 Å². The molecule has 3 aromatic heterocycles. The first-order chi connectivity index (χ1) is 10.1. The van der Waals surface area contributed by atoms with Gasteiger partial charge < -0.3 is 9.13 Å². The number of aryl methyl sites for hydroxylation is 3. The van der Waals surface area contributed by atoms with Gasteiger partial charge in [0, 0.05) is 25.5 Å². The molecule has 0 aliphatic carbocycles. The van der Waals surface area contributed by atoms with Crippen molar-refractivity contribution in [2.75, 3.05) is 5.88 Å². The molecule has 0 saturated carbocycles. The van der Waals surface area contributed by atoms with Crippen molar-refractivity contribution in [2.24, 2.45) is 7.05 Å². The Morgan fingerprint density at radius 2 is 2.19 bits per heavy atom. The minimum Gasteiger partial charge on any atom is -0.319 e. The maximum absolute atomic E-state index is 5.93. The fourth-order valence-corrected chi connectivity index (χ4v) is 2.78. The number of alkyl halides is 1. The van der Waals surface area contributed by atoms with E-state index in [1.165, 1.54) is 0 Å². The Morgan fingerprint density at radius 1 is 1.38 bits per heavy atom. The van der Waals surface area contributed by atoms with Gasteiger partial charge in [0.2, 0.25) is 0 Å². The van der Waals surface area contributed by atoms with Crippen molar-refractivity contribution in [3.05, 3.63) is 35.8 Å². The van der Waals surface area contributed by atoms with E-state index in [0.717, 1.165) is 28.4 Å². The first-order valence-corrected chi connectivity index (χ1v) is 7.39. The van der Waals surface area contributed by atoms with E-state index in [-0.39, 0.29) is 6.04 Å². The highest BCUT2D eigenvalue weighted by Crippen LogP contribution is 2.25. The van der Waals surface area contributed by atoms with Crippen LogP contribution in [-0.2, 0) is 13.5 Å². The molecule has 21 heavy (non-hydrogen) atoms. The predicted molar refractivity (Wildman–Crippen MR) is 81.5 cm³/mol. The number of imidazole rings is 1. The fraction of sp³-hybridized carbons (Fsp3) is 0.429. The van der Waals surface area contributed by atoms with Gasteiger partial charge in [-0.25, -0.2) is 9.97 Å². The first kappa shape index (κ1) is 14.0. The van der Waals surface area contributed by atoms with Gasteiger partial charge in [0.05, 0.1) is 6.04 Å². The molecule has 0 amide bonds. The van der Waals surface area contributed by atoms with Crippen molar-refractivity contribution < 1.29 is 0 Å². The molecule has 6 nitrogen and oxygen atoms in total. The summed E-state index contributed by atoms with van der Waals surface area (Å²) in [5.74, 6) is 2.32. The van der Waals surface area contributed by atoms with Gasteiger partial charge in [-0.2, -0.15) is 0 Å². The Bertz CT molecular complexity index is 775. The van der Waals surface area contributed by atoms with Gasteiger partial charge in [0.15, 0.2) is 11.5 Å². The first-order valence-electron chi connectivity index (χ1n) is 6.85. The van der Waals surface area contributed by atoms with Crippen molar-refractivity contribution in [1.82, 2.24) is 29.3 Å². The molecule has 3 heterocycles. The quantitative estimate of drug-likeness (QED) is 0.694. The Hall–Kier alpha value is -1.95. The zero-order valence-electron chi connectivity index (χ0n) is 12.3. The summed E-state index contributed by atoms with van der Waals surface area (Å²) in [4.78, 5) is 9.23. The van der Waals surface area contributed by atoms with E-state index in [1.54, 1.807) is 6.33 Å². The van der Waals surface area contributed by atoms with E-state index < -0.39 is 0 Å². The molecule has 0 spiro atoms. The summed E-state index contributed by atoms with van der Waals surface area (Å²) in [6, 6.07) is 1.96. The molecule has 0 N–H and O–H groups in total. The van der Waals surface area contributed by atoms with Crippen LogP contribution in [0.5, 0.6) is 0 Å². The smallest absolute Gasteiger partial charge is 0.160 e. The minimum atomic E-state index is -0.00461. The number of pyridine rings is 1. The van der Waals surface area contributed by atoms with Crippen LogP contribution in [0.4, 0.5) is 0 Å². The molecular weight excluding hydrogens is 288 g/mol. The molecule has 0 fully saturated rings. The summed E-state index contributed by atoms with van der Waals surface area (Å²) < 4.78 is 4.02. The lowest BCUT2D eigenvalue weighted by Crippen LogP contribution is -2.15. The summed E-state index contributed by atoms with van der Waals surface area (Å²) >= 11 is 5.93. The summed E-state index contributed by atoms with van der Waals surface area (Å²) in [7, 11) is 1.94. The second-order valence-electron chi connectivity index (χ2n) is 5.11. The van der Waals surface area contributed by atoms with Gasteiger partial charge in [0.25, 0.3) is 0 Å². The van der Waals surface area contributed by atoms with Crippen LogP contribution in [0.15, 0.2) is 18.6 Å². The molecule has 1 unspecified atom stereocenters. The second kappa shape index (κ2) is 5.44. The van der Waals surface area contributed by atoms with E-state index in [2.05, 4.69) is 26.7 Å². The van der Waals surface area contributed by atoms with Crippen molar-refractivity contribution in [3.63, 3.8) is 0 Å². The monoisotopic (exact) mass is 304 g/mol. The molecule has 7 heteroatoms. The van der Waals surface area contributed by atoms with Gasteiger partial charge in [-0.1, -0.05) is 0 Å². The van der Waals surface area contributed by atoms with Gasteiger partial charge in [-0.3, -0.25) is 0 Å². The molecule has 0 aliphatic rings. The number of nitrogens with zero attached hydrogens (tertiary/aromatic N) is 6. The lowest BCUT2D eigenvalue weighted by Gasteiger charge is -2.16. The number of hydrogen-bond acceptors (Lipinski definition) is 4. The topological polar surface area (TPSA) is 61.4 Å². The Kier molecular flexibility index (Phi) is 3.63. The molecule has 3 aromatic rings.